The molecule has 0 unspecified atom stereocenters. The molecule has 15 heavy (non-hydrogen) atoms. The SMILES string of the molecule is O=C1O[C@H]([C@@H](O)CO)C(O)=C1O.[H-].[H-].[H-].[Na+].[Na+].[Na+]. The molecule has 0 aromatic heterocycles. The smallest absolute Gasteiger partial charge is 1.00 e. The van der Waals surface area contributed by atoms with Crippen molar-refractivity contribution in [2.75, 3.05) is 6.61 Å². The molecule has 0 saturated carbocycles. The Bertz CT molecular complexity index is 255. The van der Waals surface area contributed by atoms with E-state index in [4.69, 9.17) is 20.4 Å². The van der Waals surface area contributed by atoms with Gasteiger partial charge in [-0.05, 0) is 0 Å². The summed E-state index contributed by atoms with van der Waals surface area (Å²) < 4.78 is 4.32. The molecule has 0 aliphatic carbocycles. The number of esters is 1. The molecule has 0 saturated heterocycles. The first-order valence-electron chi connectivity index (χ1n) is 3.20. The predicted octanol–water partition coefficient (Wildman–Crippen LogP) is -10.1. The number of hydrogen-bond acceptors (Lipinski definition) is 6. The Hall–Kier alpha value is 1.73. The van der Waals surface area contributed by atoms with E-state index in [1.807, 2.05) is 0 Å². The Morgan fingerprint density at radius 2 is 1.80 bits per heavy atom. The third kappa shape index (κ3) is 5.27. The van der Waals surface area contributed by atoms with Crippen molar-refractivity contribution in [3.8, 4) is 0 Å². The van der Waals surface area contributed by atoms with E-state index >= 15 is 0 Å². The van der Waals surface area contributed by atoms with Gasteiger partial charge < -0.3 is 29.4 Å². The second kappa shape index (κ2) is 9.73. The second-order valence-corrected chi connectivity index (χ2v) is 2.31. The van der Waals surface area contributed by atoms with Crippen molar-refractivity contribution in [2.45, 2.75) is 12.2 Å². The molecule has 1 aliphatic rings. The summed E-state index contributed by atoms with van der Waals surface area (Å²) in [6.45, 7) is -0.671. The van der Waals surface area contributed by atoms with E-state index in [9.17, 15) is 4.79 Å². The van der Waals surface area contributed by atoms with Gasteiger partial charge in [0.15, 0.2) is 11.9 Å². The number of hydrogen-bond donors (Lipinski definition) is 4. The van der Waals surface area contributed by atoms with Gasteiger partial charge in [0, 0.05) is 0 Å². The summed E-state index contributed by atoms with van der Waals surface area (Å²) in [5.74, 6) is -2.78. The third-order valence-electron chi connectivity index (χ3n) is 1.48. The van der Waals surface area contributed by atoms with Gasteiger partial charge >= 0.3 is 94.6 Å². The fourth-order valence-corrected chi connectivity index (χ4v) is 0.823. The summed E-state index contributed by atoms with van der Waals surface area (Å²) in [4.78, 5) is 10.5. The molecule has 0 radical (unpaired) electrons. The van der Waals surface area contributed by atoms with Crippen LogP contribution in [0, 0.1) is 0 Å². The van der Waals surface area contributed by atoms with Gasteiger partial charge in [0.05, 0.1) is 6.61 Å². The molecular formula is C6H11Na3O6. The van der Waals surface area contributed by atoms with E-state index in [1.54, 1.807) is 0 Å². The molecule has 2 atom stereocenters. The summed E-state index contributed by atoms with van der Waals surface area (Å²) in [6.07, 6.45) is -2.78. The summed E-state index contributed by atoms with van der Waals surface area (Å²) in [6, 6.07) is 0. The Morgan fingerprint density at radius 3 is 2.07 bits per heavy atom. The van der Waals surface area contributed by atoms with E-state index in [0.717, 1.165) is 0 Å². The normalized spacial score (nSPS) is 20.7. The number of ether oxygens (including phenoxy) is 1. The van der Waals surface area contributed by atoms with Crippen LogP contribution in [0.4, 0.5) is 0 Å². The number of aliphatic hydroxyl groups excluding tert-OH is 4. The van der Waals surface area contributed by atoms with Gasteiger partial charge in [-0.1, -0.05) is 0 Å². The Labute approximate surface area is 157 Å². The van der Waals surface area contributed by atoms with Crippen LogP contribution in [0.25, 0.3) is 0 Å². The minimum Gasteiger partial charge on any atom is -1.00 e. The summed E-state index contributed by atoms with van der Waals surface area (Å²) in [5, 5.41) is 35.0. The molecular weight excluding hydrogens is 237 g/mol. The average Bonchev–Trinajstić information content (AvgIpc) is 2.32. The van der Waals surface area contributed by atoms with Crippen molar-refractivity contribution < 1.29 is 123 Å². The molecule has 9 heteroatoms. The maximum absolute atomic E-state index is 10.5. The monoisotopic (exact) mass is 248 g/mol. The van der Waals surface area contributed by atoms with Crippen molar-refractivity contribution in [3.63, 3.8) is 0 Å². The maximum atomic E-state index is 10.5. The molecule has 74 valence electrons. The fourth-order valence-electron chi connectivity index (χ4n) is 0.823. The molecule has 0 spiro atoms. The van der Waals surface area contributed by atoms with E-state index in [1.165, 1.54) is 0 Å². The maximum Gasteiger partial charge on any atom is 1.00 e. The number of rotatable bonds is 2. The van der Waals surface area contributed by atoms with Crippen molar-refractivity contribution in [1.29, 1.82) is 0 Å². The van der Waals surface area contributed by atoms with Gasteiger partial charge in [-0.15, -0.1) is 0 Å². The van der Waals surface area contributed by atoms with Crippen LogP contribution in [-0.2, 0) is 9.53 Å². The van der Waals surface area contributed by atoms with Crippen LogP contribution in [0.15, 0.2) is 11.5 Å². The summed E-state index contributed by atoms with van der Waals surface area (Å²) >= 11 is 0. The number of cyclic esters (lactones) is 1. The number of carbonyl (C=O) groups excluding carboxylic acids is 1. The quantitative estimate of drug-likeness (QED) is 0.285. The van der Waals surface area contributed by atoms with E-state index in [-0.39, 0.29) is 93.0 Å². The summed E-state index contributed by atoms with van der Waals surface area (Å²) in [7, 11) is 0. The molecule has 0 aromatic rings. The predicted molar refractivity (Wildman–Crippen MR) is 38.6 cm³/mol. The van der Waals surface area contributed by atoms with E-state index < -0.39 is 36.3 Å². The Kier molecular flexibility index (Phi) is 14.2. The van der Waals surface area contributed by atoms with Crippen LogP contribution in [-0.4, -0.2) is 45.2 Å². The minimum absolute atomic E-state index is 0. The van der Waals surface area contributed by atoms with Crippen LogP contribution in [0.2, 0.25) is 0 Å². The second-order valence-electron chi connectivity index (χ2n) is 2.31. The minimum atomic E-state index is -1.42. The third-order valence-corrected chi connectivity index (χ3v) is 1.48. The van der Waals surface area contributed by atoms with Crippen molar-refractivity contribution in [2.24, 2.45) is 0 Å². The molecule has 0 fully saturated rings. The average molecular weight is 248 g/mol. The molecule has 6 nitrogen and oxygen atoms in total. The fraction of sp³-hybridized carbons (Fsp3) is 0.500. The van der Waals surface area contributed by atoms with Gasteiger partial charge in [-0.2, -0.15) is 0 Å². The largest absolute Gasteiger partial charge is 1.00 e. The van der Waals surface area contributed by atoms with Gasteiger partial charge in [0.2, 0.25) is 5.76 Å². The summed E-state index contributed by atoms with van der Waals surface area (Å²) in [5.41, 5.74) is 0. The van der Waals surface area contributed by atoms with Crippen LogP contribution < -0.4 is 88.7 Å². The first kappa shape index (κ1) is 22.0. The van der Waals surface area contributed by atoms with Gasteiger partial charge in [0.25, 0.3) is 0 Å². The topological polar surface area (TPSA) is 107 Å². The molecule has 1 heterocycles. The standard InChI is InChI=1S/C6H8O6.3Na.3H/c7-1-2(8)5-3(9)4(10)6(11)12-5;;;;;;/h2,5,7-10H,1H2;;;;;;/q;3*+1;3*-1/t2-,5+;;;;;;/m0....../s1. The molecule has 1 rings (SSSR count). The Balaban J connectivity index is -0.0000000600. The van der Waals surface area contributed by atoms with Crippen molar-refractivity contribution in [3.05, 3.63) is 11.5 Å². The zero-order valence-electron chi connectivity index (χ0n) is 12.0. The number of aliphatic hydroxyl groups is 4. The van der Waals surface area contributed by atoms with Crippen molar-refractivity contribution in [1.82, 2.24) is 0 Å². The first-order valence-corrected chi connectivity index (χ1v) is 3.20. The molecule has 4 N–H and O–H groups in total. The van der Waals surface area contributed by atoms with Crippen LogP contribution in [0.3, 0.4) is 0 Å². The first-order chi connectivity index (χ1) is 5.57. The van der Waals surface area contributed by atoms with Gasteiger partial charge in [0.1, 0.15) is 6.10 Å². The Morgan fingerprint density at radius 1 is 1.33 bits per heavy atom. The number of carbonyl (C=O) groups is 1. The zero-order chi connectivity index (χ0) is 9.30. The van der Waals surface area contributed by atoms with Crippen LogP contribution >= 0.6 is 0 Å². The molecule has 0 bridgehead atoms. The molecule has 0 aromatic carbocycles. The van der Waals surface area contributed by atoms with Gasteiger partial charge in [-0.25, -0.2) is 4.79 Å². The van der Waals surface area contributed by atoms with Crippen molar-refractivity contribution >= 4 is 5.97 Å². The zero-order valence-corrected chi connectivity index (χ0v) is 15.0. The molecule has 1 aliphatic heterocycles. The van der Waals surface area contributed by atoms with E-state index in [2.05, 4.69) is 4.74 Å². The molecule has 0 amide bonds. The van der Waals surface area contributed by atoms with Crippen LogP contribution in [0.1, 0.15) is 4.28 Å². The van der Waals surface area contributed by atoms with E-state index in [0.29, 0.717) is 0 Å². The van der Waals surface area contributed by atoms with Crippen LogP contribution in [0.5, 0.6) is 0 Å². The van der Waals surface area contributed by atoms with Gasteiger partial charge in [-0.3, -0.25) is 0 Å².